The molecule has 0 aromatic heterocycles. The van der Waals surface area contributed by atoms with E-state index >= 15 is 0 Å². The average molecular weight is 500 g/mol. The van der Waals surface area contributed by atoms with Gasteiger partial charge in [0.25, 0.3) is 0 Å². The highest BCUT2D eigenvalue weighted by molar-refractivity contribution is 6.00. The van der Waals surface area contributed by atoms with Gasteiger partial charge in [0, 0.05) is 11.1 Å². The van der Waals surface area contributed by atoms with Gasteiger partial charge in [0.1, 0.15) is 11.5 Å². The third-order valence-electron chi connectivity index (χ3n) is 7.29. The first-order chi connectivity index (χ1) is 16.7. The van der Waals surface area contributed by atoms with Crippen LogP contribution in [0.15, 0.2) is 54.6 Å². The second-order valence-electron chi connectivity index (χ2n) is 11.6. The van der Waals surface area contributed by atoms with E-state index < -0.39 is 11.9 Å². The molecule has 0 radical (unpaired) electrons. The molecule has 2 N–H and O–H groups in total. The van der Waals surface area contributed by atoms with E-state index in [1.165, 1.54) is 12.1 Å². The minimum absolute atomic E-state index is 0.106. The Hall–Kier alpha value is -2.73. The molecule has 194 valence electrons. The number of benzene rings is 3. The largest absolute Gasteiger partial charge is 0.573 e. The third-order valence-corrected chi connectivity index (χ3v) is 7.29. The molecule has 1 aliphatic carbocycles. The fourth-order valence-corrected chi connectivity index (χ4v) is 5.16. The zero-order valence-corrected chi connectivity index (χ0v) is 21.7. The average Bonchev–Trinajstić information content (AvgIpc) is 2.77. The van der Waals surface area contributed by atoms with E-state index in [-0.39, 0.29) is 17.3 Å². The molecule has 0 spiro atoms. The van der Waals surface area contributed by atoms with Crippen molar-refractivity contribution in [3.8, 4) is 22.6 Å². The monoisotopic (exact) mass is 499 g/mol. The summed E-state index contributed by atoms with van der Waals surface area (Å²) in [5.74, 6) is 1.17. The number of rotatable bonds is 5. The zero-order valence-electron chi connectivity index (χ0n) is 21.7. The Morgan fingerprint density at radius 2 is 1.44 bits per heavy atom. The fourth-order valence-electron chi connectivity index (χ4n) is 5.16. The van der Waals surface area contributed by atoms with Crippen LogP contribution in [-0.2, 0) is 5.54 Å². The molecule has 0 saturated heterocycles. The highest BCUT2D eigenvalue weighted by atomic mass is 19.4. The smallest absolute Gasteiger partial charge is 0.490 e. The summed E-state index contributed by atoms with van der Waals surface area (Å²) >= 11 is 0. The predicted octanol–water partition coefficient (Wildman–Crippen LogP) is 8.58. The summed E-state index contributed by atoms with van der Waals surface area (Å²) in [6, 6.07) is 16.1. The highest BCUT2D eigenvalue weighted by Gasteiger charge is 2.32. The summed E-state index contributed by atoms with van der Waals surface area (Å²) in [5, 5.41) is 1.97. The fraction of sp³-hybridized carbons (Fsp3) is 0.467. The molecule has 3 aromatic carbocycles. The lowest BCUT2D eigenvalue weighted by atomic mass is 9.72. The Kier molecular flexibility index (Phi) is 7.04. The highest BCUT2D eigenvalue weighted by Crippen LogP contribution is 2.43. The van der Waals surface area contributed by atoms with Gasteiger partial charge in [-0.2, -0.15) is 0 Å². The Labute approximate surface area is 211 Å². The molecule has 0 atom stereocenters. The number of hydrogen-bond donors (Lipinski definition) is 1. The Morgan fingerprint density at radius 1 is 0.806 bits per heavy atom. The predicted molar refractivity (Wildman–Crippen MR) is 139 cm³/mol. The number of hydrogen-bond acceptors (Lipinski definition) is 3. The summed E-state index contributed by atoms with van der Waals surface area (Å²) in [4.78, 5) is 0. The normalized spacial score (nSPS) is 19.4. The number of ether oxygens (including phenoxy) is 2. The van der Waals surface area contributed by atoms with Crippen LogP contribution in [0, 0.1) is 11.3 Å². The van der Waals surface area contributed by atoms with Crippen molar-refractivity contribution in [2.75, 3.05) is 0 Å². The van der Waals surface area contributed by atoms with Crippen LogP contribution in [0.3, 0.4) is 0 Å². The van der Waals surface area contributed by atoms with Crippen LogP contribution in [0.5, 0.6) is 11.5 Å². The van der Waals surface area contributed by atoms with Gasteiger partial charge in [0.05, 0.1) is 6.10 Å². The van der Waals surface area contributed by atoms with Gasteiger partial charge in [-0.25, -0.2) is 0 Å². The van der Waals surface area contributed by atoms with Crippen molar-refractivity contribution < 1.29 is 22.6 Å². The SMILES string of the molecule is CC(C)(N)c1ccc2c(-c3ccc(OC(F)(F)F)cc3)c(O[C@H]3CC[C@H](C(C)(C)C)CC3)ccc2c1. The molecule has 3 nitrogen and oxygen atoms in total. The van der Waals surface area contributed by atoms with Crippen LogP contribution in [-0.4, -0.2) is 12.5 Å². The maximum absolute atomic E-state index is 12.7. The lowest BCUT2D eigenvalue weighted by Gasteiger charge is -2.37. The van der Waals surface area contributed by atoms with Crippen molar-refractivity contribution in [3.63, 3.8) is 0 Å². The van der Waals surface area contributed by atoms with Crippen LogP contribution in [0.2, 0.25) is 0 Å². The Balaban J connectivity index is 1.71. The molecular weight excluding hydrogens is 463 g/mol. The minimum Gasteiger partial charge on any atom is -0.490 e. The molecule has 36 heavy (non-hydrogen) atoms. The van der Waals surface area contributed by atoms with E-state index in [1.807, 2.05) is 38.1 Å². The maximum atomic E-state index is 12.7. The summed E-state index contributed by atoms with van der Waals surface area (Å²) in [6.45, 7) is 10.8. The number of alkyl halides is 3. The molecule has 0 unspecified atom stereocenters. The molecule has 1 aliphatic rings. The number of fused-ring (bicyclic) bond motifs is 1. The van der Waals surface area contributed by atoms with Crippen LogP contribution < -0.4 is 15.2 Å². The molecule has 1 saturated carbocycles. The first-order valence-corrected chi connectivity index (χ1v) is 12.6. The molecule has 4 rings (SSSR count). The van der Waals surface area contributed by atoms with Crippen molar-refractivity contribution in [3.05, 3.63) is 60.2 Å². The van der Waals surface area contributed by atoms with Crippen molar-refractivity contribution in [1.29, 1.82) is 0 Å². The first kappa shape index (κ1) is 26.3. The topological polar surface area (TPSA) is 44.5 Å². The summed E-state index contributed by atoms with van der Waals surface area (Å²) in [5.41, 5.74) is 8.76. The molecule has 6 heteroatoms. The van der Waals surface area contributed by atoms with Crippen molar-refractivity contribution >= 4 is 10.8 Å². The third kappa shape index (κ3) is 6.15. The van der Waals surface area contributed by atoms with Crippen molar-refractivity contribution in [2.45, 2.75) is 78.3 Å². The van der Waals surface area contributed by atoms with Crippen LogP contribution in [0.1, 0.15) is 65.9 Å². The van der Waals surface area contributed by atoms with Crippen LogP contribution >= 0.6 is 0 Å². The van der Waals surface area contributed by atoms with E-state index in [2.05, 4.69) is 31.6 Å². The van der Waals surface area contributed by atoms with Gasteiger partial charge in [0.2, 0.25) is 0 Å². The van der Waals surface area contributed by atoms with Crippen LogP contribution in [0.25, 0.3) is 21.9 Å². The Bertz CT molecular complexity index is 1200. The molecule has 0 bridgehead atoms. The van der Waals surface area contributed by atoms with E-state index in [0.717, 1.165) is 58.9 Å². The molecule has 1 fully saturated rings. The van der Waals surface area contributed by atoms with Gasteiger partial charge >= 0.3 is 6.36 Å². The lowest BCUT2D eigenvalue weighted by molar-refractivity contribution is -0.274. The van der Waals surface area contributed by atoms with Gasteiger partial charge < -0.3 is 15.2 Å². The zero-order chi connectivity index (χ0) is 26.3. The first-order valence-electron chi connectivity index (χ1n) is 12.6. The lowest BCUT2D eigenvalue weighted by Crippen LogP contribution is -2.30. The number of halogens is 3. The van der Waals surface area contributed by atoms with E-state index in [4.69, 9.17) is 10.5 Å². The van der Waals surface area contributed by atoms with E-state index in [9.17, 15) is 13.2 Å². The molecule has 0 heterocycles. The number of nitrogens with two attached hydrogens (primary N) is 1. The van der Waals surface area contributed by atoms with Gasteiger partial charge in [-0.1, -0.05) is 51.1 Å². The van der Waals surface area contributed by atoms with Gasteiger partial charge in [0.15, 0.2) is 0 Å². The second kappa shape index (κ2) is 9.62. The molecule has 3 aromatic rings. The van der Waals surface area contributed by atoms with E-state index in [1.54, 1.807) is 12.1 Å². The summed E-state index contributed by atoms with van der Waals surface area (Å²) in [7, 11) is 0. The van der Waals surface area contributed by atoms with Gasteiger partial charge in [-0.05, 0) is 97.0 Å². The van der Waals surface area contributed by atoms with Gasteiger partial charge in [-0.15, -0.1) is 13.2 Å². The minimum atomic E-state index is -4.73. The molecular formula is C30H36F3NO2. The molecule has 0 aliphatic heterocycles. The summed E-state index contributed by atoms with van der Waals surface area (Å²) in [6.07, 6.45) is -0.414. The van der Waals surface area contributed by atoms with Crippen molar-refractivity contribution in [1.82, 2.24) is 0 Å². The standard InChI is InChI=1S/C30H36F3NO2/c1-28(2,3)21-9-14-23(15-10-21)35-26-17-8-20-18-22(29(4,5)34)11-16-25(20)27(26)19-6-12-24(13-7-19)36-30(31,32)33/h6-8,11-13,16-18,21,23H,9-10,14-15,34H2,1-5H3/t21-,23-. The van der Waals surface area contributed by atoms with Gasteiger partial charge in [-0.3, -0.25) is 0 Å². The van der Waals surface area contributed by atoms with Crippen molar-refractivity contribution in [2.24, 2.45) is 17.1 Å². The maximum Gasteiger partial charge on any atom is 0.573 e. The summed E-state index contributed by atoms with van der Waals surface area (Å²) < 4.78 is 48.7. The Morgan fingerprint density at radius 3 is 2.00 bits per heavy atom. The quantitative estimate of drug-likeness (QED) is 0.382. The van der Waals surface area contributed by atoms with Crippen LogP contribution in [0.4, 0.5) is 13.2 Å². The van der Waals surface area contributed by atoms with E-state index in [0.29, 0.717) is 5.92 Å². The molecule has 0 amide bonds. The second-order valence-corrected chi connectivity index (χ2v) is 11.6.